The molecule has 0 bridgehead atoms. The van der Waals surface area contributed by atoms with Gasteiger partial charge in [-0.3, -0.25) is 4.79 Å². The molecular weight excluding hydrogens is 352 g/mol. The first kappa shape index (κ1) is 24.4. The van der Waals surface area contributed by atoms with Crippen LogP contribution in [0, 0.1) is 0 Å². The number of carbonyl (C=O) groups excluding carboxylic acids is 2. The molecule has 2 amide bonds. The molecule has 0 saturated carbocycles. The standard InChI is InChI=1S/C6H10O7.C5H8N2O5/c7-1-2(8)3(9)4(10)5(11)6(12)13;6-5(12)7-2(4(10)11)1-3(8)9/h1-5,8-11H,(H,12,13);2H,1H2,(H,8,9)(H,10,11)(H3,6,7,12). The quantitative estimate of drug-likeness (QED) is 0.173. The minimum absolute atomic E-state index is 0.0809. The molecule has 0 aliphatic rings. The van der Waals surface area contributed by atoms with E-state index in [4.69, 9.17) is 35.7 Å². The van der Waals surface area contributed by atoms with Crippen LogP contribution >= 0.6 is 0 Å². The number of aldehydes is 1. The number of hydrogen-bond acceptors (Lipinski definition) is 9. The maximum Gasteiger partial charge on any atom is 0.335 e. The zero-order valence-corrected chi connectivity index (χ0v) is 12.4. The van der Waals surface area contributed by atoms with Crippen molar-refractivity contribution < 1.29 is 59.7 Å². The number of hydrogen-bond donors (Lipinski definition) is 9. The van der Waals surface area contributed by atoms with Crippen molar-refractivity contribution in [3.05, 3.63) is 0 Å². The predicted octanol–water partition coefficient (Wildman–Crippen LogP) is -4.70. The summed E-state index contributed by atoms with van der Waals surface area (Å²) in [6, 6.07) is -2.54. The maximum absolute atomic E-state index is 10.2. The summed E-state index contributed by atoms with van der Waals surface area (Å²) < 4.78 is 0. The van der Waals surface area contributed by atoms with Crippen LogP contribution in [0.4, 0.5) is 4.79 Å². The van der Waals surface area contributed by atoms with Crippen LogP contribution in [-0.4, -0.2) is 96.4 Å². The lowest BCUT2D eigenvalue weighted by atomic mass is 10.0. The molecule has 10 N–H and O–H groups in total. The lowest BCUT2D eigenvalue weighted by Crippen LogP contribution is -2.48. The van der Waals surface area contributed by atoms with Gasteiger partial charge in [-0.05, 0) is 0 Å². The summed E-state index contributed by atoms with van der Waals surface area (Å²) in [5, 5.41) is 61.5. The largest absolute Gasteiger partial charge is 0.481 e. The zero-order chi connectivity index (χ0) is 20.3. The van der Waals surface area contributed by atoms with E-state index in [0.717, 1.165) is 0 Å². The smallest absolute Gasteiger partial charge is 0.335 e. The number of aliphatic hydroxyl groups is 4. The molecule has 0 aliphatic heterocycles. The Bertz CT molecular complexity index is 479. The van der Waals surface area contributed by atoms with Gasteiger partial charge in [0.05, 0.1) is 6.42 Å². The van der Waals surface area contributed by atoms with E-state index < -0.39 is 60.8 Å². The maximum atomic E-state index is 10.2. The second-order valence-electron chi connectivity index (χ2n) is 4.39. The molecule has 14 heteroatoms. The van der Waals surface area contributed by atoms with Crippen molar-refractivity contribution in [2.24, 2.45) is 5.73 Å². The molecule has 0 aromatic heterocycles. The third-order valence-electron chi connectivity index (χ3n) is 2.41. The molecule has 0 aromatic rings. The molecule has 0 spiro atoms. The van der Waals surface area contributed by atoms with E-state index in [2.05, 4.69) is 5.73 Å². The van der Waals surface area contributed by atoms with E-state index in [-0.39, 0.29) is 6.29 Å². The van der Waals surface area contributed by atoms with Gasteiger partial charge in [-0.25, -0.2) is 14.4 Å². The van der Waals surface area contributed by atoms with Crippen molar-refractivity contribution >= 4 is 30.2 Å². The Hall–Kier alpha value is -2.81. The highest BCUT2D eigenvalue weighted by atomic mass is 16.4. The van der Waals surface area contributed by atoms with Gasteiger partial charge in [0.2, 0.25) is 0 Å². The molecule has 0 aromatic carbocycles. The van der Waals surface area contributed by atoms with Gasteiger partial charge < -0.3 is 51.6 Å². The highest BCUT2D eigenvalue weighted by molar-refractivity contribution is 5.85. The van der Waals surface area contributed by atoms with Crippen LogP contribution in [0.25, 0.3) is 0 Å². The molecular formula is C11H18N2O12. The van der Waals surface area contributed by atoms with E-state index in [0.29, 0.717) is 0 Å². The van der Waals surface area contributed by atoms with Crippen LogP contribution in [-0.2, 0) is 19.2 Å². The average Bonchev–Trinajstić information content (AvgIpc) is 2.50. The van der Waals surface area contributed by atoms with Crippen molar-refractivity contribution in [1.82, 2.24) is 5.32 Å². The number of nitrogens with two attached hydrogens (primary N) is 1. The number of primary amides is 1. The zero-order valence-electron chi connectivity index (χ0n) is 12.4. The number of nitrogens with one attached hydrogen (secondary N) is 1. The number of amides is 2. The number of carboxylic acid groups (broad SMARTS) is 3. The fourth-order valence-corrected chi connectivity index (χ4v) is 1.16. The highest BCUT2D eigenvalue weighted by Crippen LogP contribution is 2.03. The fraction of sp³-hybridized carbons (Fsp3) is 0.545. The van der Waals surface area contributed by atoms with E-state index in [1.807, 2.05) is 0 Å². The first-order valence-electron chi connectivity index (χ1n) is 6.26. The van der Waals surface area contributed by atoms with Crippen molar-refractivity contribution in [3.8, 4) is 0 Å². The second kappa shape index (κ2) is 11.7. The SMILES string of the molecule is NC(=O)NC(CC(=O)O)C(=O)O.O=CC(O)C(O)C(O)C(O)C(=O)O. The van der Waals surface area contributed by atoms with Crippen molar-refractivity contribution in [1.29, 1.82) is 0 Å². The molecule has 0 aliphatic carbocycles. The summed E-state index contributed by atoms with van der Waals surface area (Å²) in [6.45, 7) is 0. The van der Waals surface area contributed by atoms with E-state index in [9.17, 15) is 24.0 Å². The molecule has 0 radical (unpaired) electrons. The first-order chi connectivity index (χ1) is 11.3. The third kappa shape index (κ3) is 10.6. The van der Waals surface area contributed by atoms with E-state index in [1.54, 1.807) is 5.32 Å². The molecule has 0 fully saturated rings. The molecule has 5 atom stereocenters. The minimum Gasteiger partial charge on any atom is -0.481 e. The lowest BCUT2D eigenvalue weighted by Gasteiger charge is -2.21. The van der Waals surface area contributed by atoms with Crippen LogP contribution in [0.2, 0.25) is 0 Å². The predicted molar refractivity (Wildman–Crippen MR) is 74.1 cm³/mol. The van der Waals surface area contributed by atoms with Gasteiger partial charge in [0.25, 0.3) is 0 Å². The number of carboxylic acids is 3. The normalized spacial score (nSPS) is 16.0. The van der Waals surface area contributed by atoms with Crippen LogP contribution < -0.4 is 11.1 Å². The summed E-state index contributed by atoms with van der Waals surface area (Å²) >= 11 is 0. The molecule has 5 unspecified atom stereocenters. The molecule has 14 nitrogen and oxygen atoms in total. The van der Waals surface area contributed by atoms with Gasteiger partial charge in [0, 0.05) is 0 Å². The van der Waals surface area contributed by atoms with Gasteiger partial charge in [-0.1, -0.05) is 0 Å². The van der Waals surface area contributed by atoms with Gasteiger partial charge in [0.15, 0.2) is 12.4 Å². The molecule has 144 valence electrons. The summed E-state index contributed by atoms with van der Waals surface area (Å²) in [7, 11) is 0. The topological polar surface area (TPSA) is 265 Å². The van der Waals surface area contributed by atoms with Gasteiger partial charge in [-0.2, -0.15) is 0 Å². The summed E-state index contributed by atoms with van der Waals surface area (Å²) in [4.78, 5) is 50.4. The van der Waals surface area contributed by atoms with E-state index >= 15 is 0 Å². The first-order valence-corrected chi connectivity index (χ1v) is 6.26. The van der Waals surface area contributed by atoms with Crippen molar-refractivity contribution in [3.63, 3.8) is 0 Å². The number of aliphatic carboxylic acids is 3. The second-order valence-corrected chi connectivity index (χ2v) is 4.39. The Morgan fingerprint density at radius 1 is 0.920 bits per heavy atom. The Balaban J connectivity index is 0. The Morgan fingerprint density at radius 2 is 1.40 bits per heavy atom. The Kier molecular flexibility index (Phi) is 11.4. The molecule has 0 rings (SSSR count). The van der Waals surface area contributed by atoms with Crippen LogP contribution in [0.3, 0.4) is 0 Å². The molecule has 0 heterocycles. The third-order valence-corrected chi connectivity index (χ3v) is 2.41. The Morgan fingerprint density at radius 3 is 1.68 bits per heavy atom. The van der Waals surface area contributed by atoms with Crippen LogP contribution in [0.5, 0.6) is 0 Å². The number of aliphatic hydroxyl groups excluding tert-OH is 4. The van der Waals surface area contributed by atoms with Gasteiger partial charge in [-0.15, -0.1) is 0 Å². The molecule has 0 saturated heterocycles. The number of carbonyl (C=O) groups is 5. The minimum atomic E-state index is -2.25. The monoisotopic (exact) mass is 370 g/mol. The summed E-state index contributed by atoms with van der Waals surface area (Å²) in [5.41, 5.74) is 4.60. The summed E-state index contributed by atoms with van der Waals surface area (Å²) in [5.74, 6) is -4.52. The average molecular weight is 370 g/mol. The fourth-order valence-electron chi connectivity index (χ4n) is 1.16. The van der Waals surface area contributed by atoms with Crippen molar-refractivity contribution in [2.45, 2.75) is 36.9 Å². The lowest BCUT2D eigenvalue weighted by molar-refractivity contribution is -0.163. The van der Waals surface area contributed by atoms with Crippen molar-refractivity contribution in [2.75, 3.05) is 0 Å². The van der Waals surface area contributed by atoms with Gasteiger partial charge in [0.1, 0.15) is 24.4 Å². The van der Waals surface area contributed by atoms with E-state index in [1.165, 1.54) is 0 Å². The van der Waals surface area contributed by atoms with Crippen LogP contribution in [0.1, 0.15) is 6.42 Å². The number of rotatable bonds is 9. The highest BCUT2D eigenvalue weighted by Gasteiger charge is 2.34. The summed E-state index contributed by atoms with van der Waals surface area (Å²) in [6.07, 6.45) is -9.09. The van der Waals surface area contributed by atoms with Crippen LogP contribution in [0.15, 0.2) is 0 Å². The molecule has 25 heavy (non-hydrogen) atoms. The Labute approximate surface area is 139 Å². The van der Waals surface area contributed by atoms with Gasteiger partial charge >= 0.3 is 23.9 Å². The number of urea groups is 1.